The van der Waals surface area contributed by atoms with Gasteiger partial charge in [-0.05, 0) is 17.2 Å². The number of aliphatic hydroxyl groups is 1. The average molecular weight is 239 g/mol. The predicted molar refractivity (Wildman–Crippen MR) is 69.8 cm³/mol. The van der Waals surface area contributed by atoms with Crippen LogP contribution in [0.25, 0.3) is 11.1 Å². The van der Waals surface area contributed by atoms with E-state index in [-0.39, 0.29) is 6.10 Å². The third-order valence-electron chi connectivity index (χ3n) is 3.23. The molecule has 1 saturated heterocycles. The minimum absolute atomic E-state index is 0.129. The maximum absolute atomic E-state index is 9.24. The van der Waals surface area contributed by atoms with Crippen molar-refractivity contribution in [3.63, 3.8) is 0 Å². The molecule has 1 aromatic heterocycles. The van der Waals surface area contributed by atoms with Gasteiger partial charge >= 0.3 is 0 Å². The summed E-state index contributed by atoms with van der Waals surface area (Å²) in [5.74, 6) is 0. The lowest BCUT2D eigenvalue weighted by molar-refractivity contribution is -0.00286. The second-order valence-electron chi connectivity index (χ2n) is 4.72. The van der Waals surface area contributed by atoms with Crippen LogP contribution < -0.4 is 0 Å². The van der Waals surface area contributed by atoms with Gasteiger partial charge in [-0.2, -0.15) is 0 Å². The minimum Gasteiger partial charge on any atom is -0.390 e. The van der Waals surface area contributed by atoms with Crippen LogP contribution in [0.5, 0.6) is 0 Å². The van der Waals surface area contributed by atoms with Crippen molar-refractivity contribution in [3.8, 4) is 11.1 Å². The molecule has 0 unspecified atom stereocenters. The van der Waals surface area contributed by atoms with Crippen LogP contribution in [-0.4, -0.2) is 34.2 Å². The molecule has 0 bridgehead atoms. The van der Waals surface area contributed by atoms with Crippen LogP contribution in [-0.2, 0) is 6.54 Å². The Balaban J connectivity index is 1.69. The highest BCUT2D eigenvalue weighted by molar-refractivity contribution is 5.62. The standard InChI is InChI=1S/C15H15N2O/c18-15-10-17(11-15)9-12-3-5-13(6-4-12)14-2-1-7-16-8-14/h2-8,15,18H,9-11H2. The zero-order valence-electron chi connectivity index (χ0n) is 10.1. The zero-order chi connectivity index (χ0) is 12.4. The Bertz CT molecular complexity index is 504. The molecule has 0 aliphatic carbocycles. The molecule has 18 heavy (non-hydrogen) atoms. The number of aromatic nitrogens is 1. The van der Waals surface area contributed by atoms with Gasteiger partial charge in [0.2, 0.25) is 0 Å². The molecule has 3 heteroatoms. The fourth-order valence-electron chi connectivity index (χ4n) is 2.22. The Hall–Kier alpha value is -1.71. The number of pyridine rings is 1. The van der Waals surface area contributed by atoms with Gasteiger partial charge in [0.05, 0.1) is 6.10 Å². The van der Waals surface area contributed by atoms with Crippen molar-refractivity contribution in [1.29, 1.82) is 0 Å². The number of aliphatic hydroxyl groups excluding tert-OH is 1. The molecule has 1 aliphatic heterocycles. The molecule has 0 amide bonds. The molecule has 3 rings (SSSR count). The van der Waals surface area contributed by atoms with Crippen LogP contribution in [0.3, 0.4) is 0 Å². The molecule has 2 aromatic rings. The first-order chi connectivity index (χ1) is 8.81. The van der Waals surface area contributed by atoms with E-state index in [9.17, 15) is 5.11 Å². The smallest absolute Gasteiger partial charge is 0.0794 e. The second kappa shape index (κ2) is 4.88. The van der Waals surface area contributed by atoms with E-state index in [2.05, 4.69) is 40.2 Å². The van der Waals surface area contributed by atoms with Crippen molar-refractivity contribution >= 4 is 0 Å². The Kier molecular flexibility index (Phi) is 3.09. The molecule has 1 fully saturated rings. The van der Waals surface area contributed by atoms with E-state index in [1.165, 1.54) is 5.56 Å². The Morgan fingerprint density at radius 2 is 2.00 bits per heavy atom. The van der Waals surface area contributed by atoms with E-state index in [0.717, 1.165) is 30.8 Å². The van der Waals surface area contributed by atoms with Crippen LogP contribution in [0.1, 0.15) is 5.56 Å². The highest BCUT2D eigenvalue weighted by Crippen LogP contribution is 2.20. The van der Waals surface area contributed by atoms with Gasteiger partial charge in [0.1, 0.15) is 0 Å². The lowest BCUT2D eigenvalue weighted by Gasteiger charge is -2.35. The third kappa shape index (κ3) is 2.42. The lowest BCUT2D eigenvalue weighted by atomic mass is 10.0. The van der Waals surface area contributed by atoms with Gasteiger partial charge in [-0.3, -0.25) is 9.88 Å². The Morgan fingerprint density at radius 3 is 2.61 bits per heavy atom. The normalized spacial score (nSPS) is 16.5. The number of hydrogen-bond acceptors (Lipinski definition) is 3. The molecule has 0 saturated carbocycles. The van der Waals surface area contributed by atoms with Crippen LogP contribution >= 0.6 is 0 Å². The van der Waals surface area contributed by atoms with Crippen LogP contribution in [0.2, 0.25) is 0 Å². The van der Waals surface area contributed by atoms with Gasteiger partial charge in [0, 0.05) is 43.7 Å². The summed E-state index contributed by atoms with van der Waals surface area (Å²) in [6.45, 7) is 2.50. The number of nitrogens with zero attached hydrogens (tertiary/aromatic N) is 2. The first-order valence-corrected chi connectivity index (χ1v) is 6.12. The van der Waals surface area contributed by atoms with E-state index < -0.39 is 0 Å². The molecular formula is C15H15N2O. The van der Waals surface area contributed by atoms with Crippen molar-refractivity contribution in [2.75, 3.05) is 13.1 Å². The lowest BCUT2D eigenvalue weighted by Crippen LogP contribution is -2.49. The summed E-state index contributed by atoms with van der Waals surface area (Å²) in [5, 5.41) is 9.24. The summed E-state index contributed by atoms with van der Waals surface area (Å²) in [5.41, 5.74) is 3.52. The number of β-amino-alcohol motifs (C(OH)–C–C–N with tert-alkyl or cyclic N) is 1. The molecule has 1 aliphatic rings. The molecule has 1 radical (unpaired) electrons. The molecule has 0 spiro atoms. The third-order valence-corrected chi connectivity index (χ3v) is 3.23. The molecule has 1 N–H and O–H groups in total. The first-order valence-electron chi connectivity index (χ1n) is 6.12. The van der Waals surface area contributed by atoms with Gasteiger partial charge in [-0.1, -0.05) is 24.3 Å². The first kappa shape index (κ1) is 11.4. The highest BCUT2D eigenvalue weighted by Gasteiger charge is 2.23. The highest BCUT2D eigenvalue weighted by atomic mass is 16.3. The molecule has 0 atom stereocenters. The number of likely N-dealkylation sites (tertiary alicyclic amines) is 1. The van der Waals surface area contributed by atoms with Gasteiger partial charge in [0.15, 0.2) is 0 Å². The number of hydrogen-bond donors (Lipinski definition) is 1. The summed E-state index contributed by atoms with van der Waals surface area (Å²) in [4.78, 5) is 6.30. The summed E-state index contributed by atoms with van der Waals surface area (Å²) < 4.78 is 0. The predicted octanol–water partition coefficient (Wildman–Crippen LogP) is 1.73. The fourth-order valence-corrected chi connectivity index (χ4v) is 2.22. The summed E-state index contributed by atoms with van der Waals surface area (Å²) in [6, 6.07) is 13.4. The minimum atomic E-state index is -0.129. The van der Waals surface area contributed by atoms with Crippen LogP contribution in [0, 0.1) is 6.07 Å². The van der Waals surface area contributed by atoms with E-state index in [1.807, 2.05) is 12.3 Å². The van der Waals surface area contributed by atoms with Crippen molar-refractivity contribution < 1.29 is 5.11 Å². The van der Waals surface area contributed by atoms with Gasteiger partial charge in [-0.25, -0.2) is 0 Å². The van der Waals surface area contributed by atoms with Crippen molar-refractivity contribution in [2.24, 2.45) is 0 Å². The van der Waals surface area contributed by atoms with E-state index in [1.54, 1.807) is 6.20 Å². The summed E-state index contributed by atoms with van der Waals surface area (Å²) in [7, 11) is 0. The van der Waals surface area contributed by atoms with E-state index in [4.69, 9.17) is 0 Å². The van der Waals surface area contributed by atoms with Crippen LogP contribution in [0.15, 0.2) is 42.7 Å². The monoisotopic (exact) mass is 239 g/mol. The van der Waals surface area contributed by atoms with E-state index >= 15 is 0 Å². The Labute approximate surface area is 107 Å². The Morgan fingerprint density at radius 1 is 1.22 bits per heavy atom. The maximum Gasteiger partial charge on any atom is 0.0794 e. The summed E-state index contributed by atoms with van der Waals surface area (Å²) in [6.07, 6.45) is 3.37. The van der Waals surface area contributed by atoms with Crippen molar-refractivity contribution in [2.45, 2.75) is 12.6 Å². The maximum atomic E-state index is 9.24. The summed E-state index contributed by atoms with van der Waals surface area (Å²) >= 11 is 0. The van der Waals surface area contributed by atoms with Crippen molar-refractivity contribution in [3.05, 3.63) is 54.4 Å². The van der Waals surface area contributed by atoms with E-state index in [0.29, 0.717) is 0 Å². The van der Waals surface area contributed by atoms with Gasteiger partial charge in [0.25, 0.3) is 0 Å². The average Bonchev–Trinajstić information content (AvgIpc) is 2.39. The molecule has 1 aromatic carbocycles. The number of rotatable bonds is 3. The quantitative estimate of drug-likeness (QED) is 0.886. The number of benzene rings is 1. The molecular weight excluding hydrogens is 224 g/mol. The topological polar surface area (TPSA) is 36.4 Å². The SMILES string of the molecule is OC1CN(Cc2ccc(-c3c[c]cnc3)cc2)C1. The van der Waals surface area contributed by atoms with Crippen LogP contribution in [0.4, 0.5) is 0 Å². The largest absolute Gasteiger partial charge is 0.390 e. The zero-order valence-corrected chi connectivity index (χ0v) is 10.1. The molecule has 2 heterocycles. The molecule has 91 valence electrons. The van der Waals surface area contributed by atoms with Gasteiger partial charge < -0.3 is 5.11 Å². The second-order valence-corrected chi connectivity index (χ2v) is 4.72. The van der Waals surface area contributed by atoms with Gasteiger partial charge in [-0.15, -0.1) is 0 Å². The molecule has 3 nitrogen and oxygen atoms in total. The fraction of sp³-hybridized carbons (Fsp3) is 0.267. The van der Waals surface area contributed by atoms with Crippen molar-refractivity contribution in [1.82, 2.24) is 9.88 Å².